The highest BCUT2D eigenvalue weighted by atomic mass is 16.6. The number of nitro benzene ring substituents is 1. The van der Waals surface area contributed by atoms with Crippen LogP contribution >= 0.6 is 0 Å². The predicted octanol–water partition coefficient (Wildman–Crippen LogP) is 3.26. The Bertz CT molecular complexity index is 1010. The number of aryl methyl sites for hydroxylation is 1. The summed E-state index contributed by atoms with van der Waals surface area (Å²) in [4.78, 5) is 28.0. The summed E-state index contributed by atoms with van der Waals surface area (Å²) in [5.41, 5.74) is 0.568. The number of nitro groups is 1. The first-order chi connectivity index (χ1) is 12.1. The molecule has 3 aromatic rings. The lowest BCUT2D eigenvalue weighted by atomic mass is 10.2. The molecule has 128 valence electrons. The molecule has 25 heavy (non-hydrogen) atoms. The summed E-state index contributed by atoms with van der Waals surface area (Å²) in [5.74, 6) is 1.11. The summed E-state index contributed by atoms with van der Waals surface area (Å²) in [7, 11) is 0. The second-order valence-corrected chi connectivity index (χ2v) is 5.38. The molecule has 7 nitrogen and oxygen atoms in total. The van der Waals surface area contributed by atoms with Crippen LogP contribution in [0.25, 0.3) is 16.6 Å². The Morgan fingerprint density at radius 1 is 1.20 bits per heavy atom. The summed E-state index contributed by atoms with van der Waals surface area (Å²) < 4.78 is 7.14. The van der Waals surface area contributed by atoms with E-state index in [2.05, 4.69) is 4.98 Å². The Kier molecular flexibility index (Phi) is 4.47. The Morgan fingerprint density at radius 3 is 2.64 bits per heavy atom. The van der Waals surface area contributed by atoms with Crippen LogP contribution in [0.4, 0.5) is 5.69 Å². The molecule has 1 heterocycles. The van der Waals surface area contributed by atoms with Crippen molar-refractivity contribution in [2.24, 2.45) is 0 Å². The highest BCUT2D eigenvalue weighted by molar-refractivity contribution is 5.80. The Morgan fingerprint density at radius 2 is 1.96 bits per heavy atom. The van der Waals surface area contributed by atoms with Gasteiger partial charge in [-0.2, -0.15) is 0 Å². The van der Waals surface area contributed by atoms with Gasteiger partial charge in [-0.3, -0.25) is 19.5 Å². The number of aromatic nitrogens is 2. The van der Waals surface area contributed by atoms with Crippen molar-refractivity contribution < 1.29 is 9.66 Å². The smallest absolute Gasteiger partial charge is 0.271 e. The van der Waals surface area contributed by atoms with Gasteiger partial charge >= 0.3 is 0 Å². The zero-order chi connectivity index (χ0) is 18.0. The number of hydrogen-bond donors (Lipinski definition) is 0. The summed E-state index contributed by atoms with van der Waals surface area (Å²) in [6, 6.07) is 11.3. The van der Waals surface area contributed by atoms with E-state index in [4.69, 9.17) is 4.74 Å². The van der Waals surface area contributed by atoms with Gasteiger partial charge in [0.15, 0.2) is 0 Å². The topological polar surface area (TPSA) is 87.3 Å². The lowest BCUT2D eigenvalue weighted by Crippen LogP contribution is -2.24. The monoisotopic (exact) mass is 339 g/mol. The average Bonchev–Trinajstić information content (AvgIpc) is 2.62. The molecule has 0 saturated heterocycles. The van der Waals surface area contributed by atoms with Crippen molar-refractivity contribution in [3.63, 3.8) is 0 Å². The van der Waals surface area contributed by atoms with Crippen molar-refractivity contribution in [2.45, 2.75) is 20.3 Å². The fourth-order valence-corrected chi connectivity index (χ4v) is 2.74. The number of nitrogens with zero attached hydrogens (tertiary/aromatic N) is 3. The first kappa shape index (κ1) is 16.6. The van der Waals surface area contributed by atoms with Crippen molar-refractivity contribution >= 4 is 16.6 Å². The largest absolute Gasteiger partial charge is 0.492 e. The molecule has 1 aromatic heterocycles. The van der Waals surface area contributed by atoms with E-state index < -0.39 is 4.92 Å². The second kappa shape index (κ2) is 6.72. The lowest BCUT2D eigenvalue weighted by Gasteiger charge is -2.16. The van der Waals surface area contributed by atoms with Gasteiger partial charge < -0.3 is 4.74 Å². The lowest BCUT2D eigenvalue weighted by molar-refractivity contribution is -0.384. The summed E-state index contributed by atoms with van der Waals surface area (Å²) in [5, 5.41) is 11.3. The van der Waals surface area contributed by atoms with Crippen molar-refractivity contribution in [3.05, 3.63) is 68.8 Å². The number of ether oxygens (including phenoxy) is 1. The molecule has 2 aromatic carbocycles. The molecule has 0 bridgehead atoms. The normalized spacial score (nSPS) is 10.8. The SMILES string of the molecule is CCOc1ccccc1-n1c(CC)nc2cc([N+](=O)[O-])ccc2c1=O. The minimum absolute atomic E-state index is 0.0890. The van der Waals surface area contributed by atoms with Gasteiger partial charge in [0.1, 0.15) is 11.6 Å². The molecule has 0 N–H and O–H groups in total. The van der Waals surface area contributed by atoms with Crippen LogP contribution in [-0.4, -0.2) is 21.1 Å². The van der Waals surface area contributed by atoms with Crippen LogP contribution < -0.4 is 10.3 Å². The van der Waals surface area contributed by atoms with E-state index in [0.29, 0.717) is 41.2 Å². The predicted molar refractivity (Wildman–Crippen MR) is 94.5 cm³/mol. The van der Waals surface area contributed by atoms with Crippen molar-refractivity contribution in [1.82, 2.24) is 9.55 Å². The number of rotatable bonds is 5. The summed E-state index contributed by atoms with van der Waals surface area (Å²) >= 11 is 0. The van der Waals surface area contributed by atoms with Crippen LogP contribution in [0.3, 0.4) is 0 Å². The van der Waals surface area contributed by atoms with E-state index in [1.165, 1.54) is 22.8 Å². The fourth-order valence-electron chi connectivity index (χ4n) is 2.74. The van der Waals surface area contributed by atoms with E-state index in [0.717, 1.165) is 0 Å². The van der Waals surface area contributed by atoms with Gasteiger partial charge in [0, 0.05) is 18.6 Å². The third-order valence-electron chi connectivity index (χ3n) is 3.86. The third kappa shape index (κ3) is 2.96. The Labute approximate surface area is 143 Å². The van der Waals surface area contributed by atoms with Crippen LogP contribution in [0, 0.1) is 10.1 Å². The zero-order valence-corrected chi connectivity index (χ0v) is 13.9. The minimum atomic E-state index is -0.497. The highest BCUT2D eigenvalue weighted by Crippen LogP contribution is 2.24. The first-order valence-electron chi connectivity index (χ1n) is 7.99. The molecule has 0 aliphatic rings. The van der Waals surface area contributed by atoms with Gasteiger partial charge in [0.05, 0.1) is 28.1 Å². The maximum Gasteiger partial charge on any atom is 0.271 e. The number of fused-ring (bicyclic) bond motifs is 1. The molecule has 0 radical (unpaired) electrons. The number of hydrogen-bond acceptors (Lipinski definition) is 5. The molecular weight excluding hydrogens is 322 g/mol. The maximum absolute atomic E-state index is 13.0. The van der Waals surface area contributed by atoms with Crippen LogP contribution in [0.15, 0.2) is 47.3 Å². The molecular formula is C18H17N3O4. The minimum Gasteiger partial charge on any atom is -0.492 e. The number of para-hydroxylation sites is 2. The molecule has 0 saturated carbocycles. The van der Waals surface area contributed by atoms with E-state index in [-0.39, 0.29) is 11.2 Å². The summed E-state index contributed by atoms with van der Waals surface area (Å²) in [6.45, 7) is 4.23. The molecule has 0 spiro atoms. The highest BCUT2D eigenvalue weighted by Gasteiger charge is 2.17. The van der Waals surface area contributed by atoms with Crippen LogP contribution in [0.5, 0.6) is 5.75 Å². The first-order valence-corrected chi connectivity index (χ1v) is 7.99. The van der Waals surface area contributed by atoms with Crippen molar-refractivity contribution in [2.75, 3.05) is 6.61 Å². The molecule has 0 amide bonds. The molecule has 7 heteroatoms. The Hall–Kier alpha value is -3.22. The van der Waals surface area contributed by atoms with Gasteiger partial charge in [-0.15, -0.1) is 0 Å². The molecule has 0 atom stereocenters. The third-order valence-corrected chi connectivity index (χ3v) is 3.86. The van der Waals surface area contributed by atoms with Crippen molar-refractivity contribution in [3.8, 4) is 11.4 Å². The van der Waals surface area contributed by atoms with E-state index in [1.807, 2.05) is 26.0 Å². The van der Waals surface area contributed by atoms with E-state index in [1.54, 1.807) is 12.1 Å². The van der Waals surface area contributed by atoms with Gasteiger partial charge in [0.2, 0.25) is 0 Å². The molecule has 3 rings (SSSR count). The number of benzene rings is 2. The van der Waals surface area contributed by atoms with Crippen LogP contribution in [0.1, 0.15) is 19.7 Å². The van der Waals surface area contributed by atoms with Gasteiger partial charge in [0.25, 0.3) is 11.2 Å². The quantitative estimate of drug-likeness (QED) is 0.526. The second-order valence-electron chi connectivity index (χ2n) is 5.38. The van der Waals surface area contributed by atoms with Crippen molar-refractivity contribution in [1.29, 1.82) is 0 Å². The average molecular weight is 339 g/mol. The maximum atomic E-state index is 13.0. The molecule has 0 aliphatic heterocycles. The number of non-ortho nitro benzene ring substituents is 1. The van der Waals surface area contributed by atoms with Gasteiger partial charge in [-0.05, 0) is 25.1 Å². The van der Waals surface area contributed by atoms with Crippen LogP contribution in [-0.2, 0) is 6.42 Å². The Balaban J connectivity index is 2.33. The van der Waals surface area contributed by atoms with E-state index in [9.17, 15) is 14.9 Å². The molecule has 0 fully saturated rings. The molecule has 0 aliphatic carbocycles. The van der Waals surface area contributed by atoms with Crippen LogP contribution in [0.2, 0.25) is 0 Å². The standard InChI is InChI=1S/C18H17N3O4/c1-3-17-19-14-11-12(21(23)24)9-10-13(14)18(22)20(17)15-7-5-6-8-16(15)25-4-2/h5-11H,3-4H2,1-2H3. The van der Waals surface area contributed by atoms with E-state index >= 15 is 0 Å². The van der Waals surface area contributed by atoms with Gasteiger partial charge in [-0.25, -0.2) is 4.98 Å². The molecule has 0 unspecified atom stereocenters. The fraction of sp³-hybridized carbons (Fsp3) is 0.222. The zero-order valence-electron chi connectivity index (χ0n) is 13.9. The van der Waals surface area contributed by atoms with Gasteiger partial charge in [-0.1, -0.05) is 19.1 Å². The summed E-state index contributed by atoms with van der Waals surface area (Å²) in [6.07, 6.45) is 0.494.